The van der Waals surface area contributed by atoms with Crippen LogP contribution in [0.4, 0.5) is 11.9 Å². The van der Waals surface area contributed by atoms with Crippen LogP contribution < -0.4 is 11.5 Å². The third kappa shape index (κ3) is 7.67. The average Bonchev–Trinajstić information content (AvgIpc) is 3.32. The molecule has 0 aliphatic carbocycles. The van der Waals surface area contributed by atoms with Crippen LogP contribution in [0.15, 0.2) is 0 Å². The van der Waals surface area contributed by atoms with E-state index < -0.39 is 8.80 Å². The van der Waals surface area contributed by atoms with E-state index in [1.165, 1.54) is 0 Å². The van der Waals surface area contributed by atoms with Crippen LogP contribution in [-0.4, -0.2) is 59.0 Å². The van der Waals surface area contributed by atoms with Gasteiger partial charge >= 0.3 is 8.80 Å². The molecule has 11 nitrogen and oxygen atoms in total. The first-order valence-corrected chi connectivity index (χ1v) is 12.7. The zero-order chi connectivity index (χ0) is 21.8. The van der Waals surface area contributed by atoms with Crippen molar-refractivity contribution in [2.45, 2.75) is 71.3 Å². The Hall–Kier alpha value is -2.02. The topological polar surface area (TPSA) is 163 Å². The Kier molecular flexibility index (Phi) is 10.2. The highest BCUT2D eigenvalue weighted by Gasteiger charge is 2.39. The number of hydrogen-bond acceptors (Lipinski definition) is 9. The highest BCUT2D eigenvalue weighted by atomic mass is 28.4. The molecule has 0 radical (unpaired) electrons. The van der Waals surface area contributed by atoms with Gasteiger partial charge in [-0.3, -0.25) is 10.2 Å². The van der Waals surface area contributed by atoms with Crippen molar-refractivity contribution in [2.75, 3.05) is 31.3 Å². The van der Waals surface area contributed by atoms with Gasteiger partial charge in [0, 0.05) is 38.2 Å². The van der Waals surface area contributed by atoms with Gasteiger partial charge in [-0.2, -0.15) is 9.97 Å². The number of aromatic amines is 2. The van der Waals surface area contributed by atoms with Crippen molar-refractivity contribution in [3.8, 4) is 0 Å². The van der Waals surface area contributed by atoms with E-state index in [9.17, 15) is 0 Å². The van der Waals surface area contributed by atoms with E-state index in [-0.39, 0.29) is 17.8 Å². The Morgan fingerprint density at radius 3 is 1.97 bits per heavy atom. The van der Waals surface area contributed by atoms with Crippen molar-refractivity contribution in [3.05, 3.63) is 11.6 Å². The maximum absolute atomic E-state index is 5.96. The zero-order valence-corrected chi connectivity index (χ0v) is 19.3. The molecule has 2 aromatic rings. The van der Waals surface area contributed by atoms with Gasteiger partial charge in [0.05, 0.1) is 0 Å². The molecular weight excluding hydrogens is 404 g/mol. The molecule has 6 N–H and O–H groups in total. The van der Waals surface area contributed by atoms with Crippen molar-refractivity contribution in [1.82, 2.24) is 30.4 Å². The Labute approximate surface area is 179 Å². The third-order valence-electron chi connectivity index (χ3n) is 4.80. The van der Waals surface area contributed by atoms with Gasteiger partial charge in [0.25, 0.3) is 0 Å². The minimum atomic E-state index is -2.64. The third-order valence-corrected chi connectivity index (χ3v) is 7.95. The van der Waals surface area contributed by atoms with Crippen LogP contribution in [0.1, 0.15) is 70.4 Å². The summed E-state index contributed by atoms with van der Waals surface area (Å²) in [5, 5.41) is 13.7. The fraction of sp³-hybridized carbons (Fsp3) is 0.778. The van der Waals surface area contributed by atoms with E-state index in [1.807, 2.05) is 20.8 Å². The molecule has 0 spiro atoms. The second kappa shape index (κ2) is 12.6. The summed E-state index contributed by atoms with van der Waals surface area (Å²) in [4.78, 5) is 8.51. The molecule has 0 bridgehead atoms. The van der Waals surface area contributed by atoms with Crippen LogP contribution in [0.2, 0.25) is 6.04 Å². The van der Waals surface area contributed by atoms with E-state index in [0.717, 1.165) is 56.2 Å². The fourth-order valence-electron chi connectivity index (χ4n) is 3.56. The molecule has 2 aromatic heterocycles. The normalized spacial score (nSPS) is 13.0. The quantitative estimate of drug-likeness (QED) is 0.227. The average molecular weight is 441 g/mol. The molecule has 0 aromatic carbocycles. The lowest BCUT2D eigenvalue weighted by Crippen LogP contribution is -2.45. The van der Waals surface area contributed by atoms with Gasteiger partial charge in [-0.05, 0) is 46.5 Å². The van der Waals surface area contributed by atoms with Gasteiger partial charge in [0.1, 0.15) is 11.6 Å². The molecule has 2 heterocycles. The van der Waals surface area contributed by atoms with Crippen molar-refractivity contribution >= 4 is 20.7 Å². The van der Waals surface area contributed by atoms with Gasteiger partial charge in [0.2, 0.25) is 11.9 Å². The van der Waals surface area contributed by atoms with E-state index in [4.69, 9.17) is 24.7 Å². The van der Waals surface area contributed by atoms with E-state index in [2.05, 4.69) is 30.4 Å². The number of rotatable bonds is 16. The number of anilines is 2. The smallest absolute Gasteiger partial charge is 0.374 e. The van der Waals surface area contributed by atoms with Crippen molar-refractivity contribution < 1.29 is 13.3 Å². The molecule has 0 saturated carbocycles. The molecule has 30 heavy (non-hydrogen) atoms. The maximum Gasteiger partial charge on any atom is 0.500 e. The fourth-order valence-corrected chi connectivity index (χ4v) is 6.20. The Bertz CT molecular complexity index is 709. The van der Waals surface area contributed by atoms with Crippen LogP contribution in [0.25, 0.3) is 0 Å². The molecule has 0 amide bonds. The van der Waals surface area contributed by atoms with Gasteiger partial charge in [-0.15, -0.1) is 10.2 Å². The number of nitrogens with two attached hydrogens (primary N) is 2. The molecular formula is C18H36N8O3Si. The summed E-state index contributed by atoms with van der Waals surface area (Å²) >= 11 is 0. The second-order valence-electron chi connectivity index (χ2n) is 7.04. The first-order valence-electron chi connectivity index (χ1n) is 10.8. The number of H-pyrrole nitrogens is 2. The molecule has 2 rings (SSSR count). The van der Waals surface area contributed by atoms with Gasteiger partial charge in [0.15, 0.2) is 0 Å². The summed E-state index contributed by atoms with van der Waals surface area (Å²) in [6.07, 6.45) is 5.60. The second-order valence-corrected chi connectivity index (χ2v) is 9.77. The monoisotopic (exact) mass is 440 g/mol. The van der Waals surface area contributed by atoms with E-state index >= 15 is 0 Å². The Morgan fingerprint density at radius 2 is 1.43 bits per heavy atom. The zero-order valence-electron chi connectivity index (χ0n) is 18.3. The first-order chi connectivity index (χ1) is 14.5. The van der Waals surface area contributed by atoms with Gasteiger partial charge in [-0.25, -0.2) is 0 Å². The van der Waals surface area contributed by atoms with Crippen molar-refractivity contribution in [3.63, 3.8) is 0 Å². The Balaban J connectivity index is 1.90. The lowest BCUT2D eigenvalue weighted by atomic mass is 9.95. The largest absolute Gasteiger partial charge is 0.500 e. The molecule has 0 fully saturated rings. The molecule has 1 atom stereocenters. The summed E-state index contributed by atoms with van der Waals surface area (Å²) < 4.78 is 17.9. The maximum atomic E-state index is 5.96. The lowest BCUT2D eigenvalue weighted by Gasteiger charge is -2.29. The minimum Gasteiger partial charge on any atom is -0.374 e. The molecule has 1 unspecified atom stereocenters. The molecule has 0 aliphatic heterocycles. The van der Waals surface area contributed by atoms with Crippen LogP contribution in [-0.2, 0) is 19.7 Å². The molecule has 170 valence electrons. The number of nitrogens with one attached hydrogen (secondary N) is 2. The van der Waals surface area contributed by atoms with Crippen molar-refractivity contribution in [2.24, 2.45) is 0 Å². The standard InChI is InChI=1S/C18H36N8O3Si/c1-4-27-30(28-5-2,29-6-3)13-9-11-14(16-22-18(20)26-24-16)10-7-8-12-15-21-17(19)25-23-15/h14H,4-13H2,1-3H3,(H3,19,21,23,25)(H3,20,22,24,26). The van der Waals surface area contributed by atoms with Gasteiger partial charge in [-0.1, -0.05) is 6.42 Å². The van der Waals surface area contributed by atoms with Crippen LogP contribution >= 0.6 is 0 Å². The number of unbranched alkanes of at least 4 members (excludes halogenated alkanes) is 1. The summed E-state index contributed by atoms with van der Waals surface area (Å²) in [6, 6.07) is 0.778. The van der Waals surface area contributed by atoms with Crippen molar-refractivity contribution in [1.29, 1.82) is 0 Å². The van der Waals surface area contributed by atoms with Crippen LogP contribution in [0, 0.1) is 0 Å². The van der Waals surface area contributed by atoms with Gasteiger partial charge < -0.3 is 24.7 Å². The summed E-state index contributed by atoms with van der Waals surface area (Å²) in [5.74, 6) is 2.42. The number of aryl methyl sites for hydroxylation is 1. The minimum absolute atomic E-state index is 0.228. The highest BCUT2D eigenvalue weighted by Crippen LogP contribution is 2.28. The lowest BCUT2D eigenvalue weighted by molar-refractivity contribution is 0.0705. The van der Waals surface area contributed by atoms with Crippen LogP contribution in [0.5, 0.6) is 0 Å². The summed E-state index contributed by atoms with van der Waals surface area (Å²) in [7, 11) is -2.64. The molecule has 0 saturated heterocycles. The summed E-state index contributed by atoms with van der Waals surface area (Å²) in [6.45, 7) is 7.67. The van der Waals surface area contributed by atoms with E-state index in [0.29, 0.717) is 19.8 Å². The predicted molar refractivity (Wildman–Crippen MR) is 117 cm³/mol. The predicted octanol–water partition coefficient (Wildman–Crippen LogP) is 2.41. The number of aromatic nitrogens is 6. The Morgan fingerprint density at radius 1 is 0.833 bits per heavy atom. The summed E-state index contributed by atoms with van der Waals surface area (Å²) in [5.41, 5.74) is 11.3. The molecule has 0 aliphatic rings. The first kappa shape index (κ1) is 24.2. The van der Waals surface area contributed by atoms with E-state index in [1.54, 1.807) is 0 Å². The number of hydrogen-bond donors (Lipinski definition) is 4. The highest BCUT2D eigenvalue weighted by molar-refractivity contribution is 6.60. The number of nitrogen functional groups attached to an aromatic ring is 2. The SMILES string of the molecule is CCO[Si](CCCC(CCCCc1nc(N)n[nH]1)c1nc(N)n[nH]1)(OCC)OCC. The molecule has 12 heteroatoms. The van der Waals surface area contributed by atoms with Crippen LogP contribution in [0.3, 0.4) is 0 Å². The number of nitrogens with zero attached hydrogens (tertiary/aromatic N) is 4.